The van der Waals surface area contributed by atoms with Crippen LogP contribution in [0.2, 0.25) is 0 Å². The van der Waals surface area contributed by atoms with Gasteiger partial charge in [-0.3, -0.25) is 9.89 Å². The molecule has 0 aliphatic heterocycles. The molecule has 0 aliphatic carbocycles. The lowest BCUT2D eigenvalue weighted by molar-refractivity contribution is -0.123. The van der Waals surface area contributed by atoms with Crippen molar-refractivity contribution in [2.24, 2.45) is 7.05 Å². The molecule has 0 fully saturated rings. The lowest BCUT2D eigenvalue weighted by Gasteiger charge is -2.10. The van der Waals surface area contributed by atoms with E-state index in [1.54, 1.807) is 36.1 Å². The zero-order chi connectivity index (χ0) is 22.7. The molecule has 3 N–H and O–H groups in total. The number of nitrogens with one attached hydrogen (secondary N) is 3. The molecule has 2 aromatic heterocycles. The first kappa shape index (κ1) is 20.9. The first-order chi connectivity index (χ1) is 15.4. The van der Waals surface area contributed by atoms with Gasteiger partial charge in [0, 0.05) is 29.7 Å². The Bertz CT molecular complexity index is 1320. The van der Waals surface area contributed by atoms with E-state index < -0.39 is 0 Å². The minimum atomic E-state index is -0.224. The van der Waals surface area contributed by atoms with Gasteiger partial charge >= 0.3 is 0 Å². The Morgan fingerprint density at radius 3 is 2.91 bits per heavy atom. The second-order valence-corrected chi connectivity index (χ2v) is 7.51. The standard InChI is InChI=1S/C22H22N8O2/c1-13(2)25-20(31)12-32-17-5-6-18(14(9-17)10-23)21-27-22(30(3)29-21)26-16-4-7-19-15(8-16)11-24-28-19/h4-9,11,13H,12H2,1-3H3,(H,24,28)(H,25,31)(H,26,27,29). The first-order valence-corrected chi connectivity index (χ1v) is 10.0. The van der Waals surface area contributed by atoms with Crippen molar-refractivity contribution in [3.63, 3.8) is 0 Å². The number of aryl methyl sites for hydroxylation is 1. The predicted molar refractivity (Wildman–Crippen MR) is 119 cm³/mol. The third-order valence-corrected chi connectivity index (χ3v) is 4.63. The van der Waals surface area contributed by atoms with Gasteiger partial charge in [-0.1, -0.05) is 0 Å². The molecule has 162 valence electrons. The van der Waals surface area contributed by atoms with Crippen LogP contribution in [-0.4, -0.2) is 43.5 Å². The number of rotatable bonds is 7. The third kappa shape index (κ3) is 4.52. The molecule has 2 heterocycles. The molecule has 4 aromatic rings. The number of aromatic amines is 1. The minimum Gasteiger partial charge on any atom is -0.484 e. The summed E-state index contributed by atoms with van der Waals surface area (Å²) in [6.45, 7) is 3.62. The van der Waals surface area contributed by atoms with Crippen LogP contribution in [0, 0.1) is 11.3 Å². The van der Waals surface area contributed by atoms with Crippen molar-refractivity contribution in [3.8, 4) is 23.2 Å². The summed E-state index contributed by atoms with van der Waals surface area (Å²) in [4.78, 5) is 16.3. The van der Waals surface area contributed by atoms with Gasteiger partial charge in [0.25, 0.3) is 5.91 Å². The Labute approximate surface area is 184 Å². The number of amides is 1. The van der Waals surface area contributed by atoms with E-state index in [0.29, 0.717) is 28.6 Å². The first-order valence-electron chi connectivity index (χ1n) is 10.0. The summed E-state index contributed by atoms with van der Waals surface area (Å²) in [6.07, 6.45) is 1.75. The zero-order valence-corrected chi connectivity index (χ0v) is 17.9. The molecule has 10 heteroatoms. The Balaban J connectivity index is 1.53. The Morgan fingerprint density at radius 2 is 2.12 bits per heavy atom. The van der Waals surface area contributed by atoms with Crippen LogP contribution in [-0.2, 0) is 11.8 Å². The largest absolute Gasteiger partial charge is 0.484 e. The molecule has 2 aromatic carbocycles. The number of anilines is 2. The normalized spacial score (nSPS) is 10.8. The van der Waals surface area contributed by atoms with E-state index in [0.717, 1.165) is 16.6 Å². The number of nitriles is 1. The number of nitrogens with zero attached hydrogens (tertiary/aromatic N) is 5. The number of carbonyl (C=O) groups is 1. The van der Waals surface area contributed by atoms with Crippen LogP contribution in [0.4, 0.5) is 11.6 Å². The Morgan fingerprint density at radius 1 is 1.28 bits per heavy atom. The molecule has 0 atom stereocenters. The second kappa shape index (κ2) is 8.77. The topological polar surface area (TPSA) is 134 Å². The molecule has 0 unspecified atom stereocenters. The molecular weight excluding hydrogens is 408 g/mol. The summed E-state index contributed by atoms with van der Waals surface area (Å²) in [5, 5.41) is 28.0. The highest BCUT2D eigenvalue weighted by Gasteiger charge is 2.15. The highest BCUT2D eigenvalue weighted by atomic mass is 16.5. The van der Waals surface area contributed by atoms with Crippen molar-refractivity contribution in [2.45, 2.75) is 19.9 Å². The number of aromatic nitrogens is 5. The van der Waals surface area contributed by atoms with Crippen molar-refractivity contribution in [1.29, 1.82) is 5.26 Å². The smallest absolute Gasteiger partial charge is 0.258 e. The van der Waals surface area contributed by atoms with E-state index >= 15 is 0 Å². The molecular formula is C22H22N8O2. The average Bonchev–Trinajstić information content (AvgIpc) is 3.37. The summed E-state index contributed by atoms with van der Waals surface area (Å²) in [5.74, 6) is 1.13. The number of hydrogen-bond acceptors (Lipinski definition) is 7. The van der Waals surface area contributed by atoms with Gasteiger partial charge in [-0.2, -0.15) is 15.3 Å². The maximum atomic E-state index is 11.8. The number of ether oxygens (including phenoxy) is 1. The number of hydrogen-bond donors (Lipinski definition) is 3. The Hall–Kier alpha value is -4.39. The molecule has 0 radical (unpaired) electrons. The van der Waals surface area contributed by atoms with Crippen LogP contribution in [0.15, 0.2) is 42.6 Å². The van der Waals surface area contributed by atoms with Crippen LogP contribution >= 0.6 is 0 Å². The van der Waals surface area contributed by atoms with Gasteiger partial charge in [0.15, 0.2) is 12.4 Å². The highest BCUT2D eigenvalue weighted by Crippen LogP contribution is 2.27. The highest BCUT2D eigenvalue weighted by molar-refractivity contribution is 5.82. The van der Waals surface area contributed by atoms with Crippen LogP contribution < -0.4 is 15.4 Å². The van der Waals surface area contributed by atoms with E-state index in [1.165, 1.54) is 0 Å². The molecule has 0 aliphatic rings. The summed E-state index contributed by atoms with van der Waals surface area (Å²) < 4.78 is 7.12. The molecule has 32 heavy (non-hydrogen) atoms. The van der Waals surface area contributed by atoms with Crippen molar-refractivity contribution in [3.05, 3.63) is 48.2 Å². The van der Waals surface area contributed by atoms with Gasteiger partial charge in [-0.05, 0) is 50.2 Å². The number of H-pyrrole nitrogens is 1. The maximum absolute atomic E-state index is 11.8. The third-order valence-electron chi connectivity index (χ3n) is 4.63. The lowest BCUT2D eigenvalue weighted by Crippen LogP contribution is -2.34. The number of carbonyl (C=O) groups excluding carboxylic acids is 1. The molecule has 10 nitrogen and oxygen atoms in total. The van der Waals surface area contributed by atoms with Gasteiger partial charge in [0.2, 0.25) is 5.95 Å². The van der Waals surface area contributed by atoms with Crippen LogP contribution in [0.1, 0.15) is 19.4 Å². The molecule has 0 bridgehead atoms. The van der Waals surface area contributed by atoms with Crippen molar-refractivity contribution < 1.29 is 9.53 Å². The molecule has 1 amide bonds. The van der Waals surface area contributed by atoms with Crippen LogP contribution in [0.25, 0.3) is 22.3 Å². The lowest BCUT2D eigenvalue weighted by atomic mass is 10.1. The summed E-state index contributed by atoms with van der Waals surface area (Å²) >= 11 is 0. The number of fused-ring (bicyclic) bond motifs is 1. The van der Waals surface area contributed by atoms with Gasteiger partial charge in [0.05, 0.1) is 17.3 Å². The summed E-state index contributed by atoms with van der Waals surface area (Å²) in [7, 11) is 1.77. The van der Waals surface area contributed by atoms with E-state index in [1.807, 2.05) is 32.0 Å². The van der Waals surface area contributed by atoms with E-state index in [4.69, 9.17) is 4.74 Å². The van der Waals surface area contributed by atoms with Crippen LogP contribution in [0.3, 0.4) is 0 Å². The quantitative estimate of drug-likeness (QED) is 0.410. The fourth-order valence-electron chi connectivity index (χ4n) is 3.17. The summed E-state index contributed by atoms with van der Waals surface area (Å²) in [5.41, 5.74) is 2.70. The fourth-order valence-corrected chi connectivity index (χ4v) is 3.17. The minimum absolute atomic E-state index is 0.0304. The Kier molecular flexibility index (Phi) is 5.72. The monoisotopic (exact) mass is 430 g/mol. The second-order valence-electron chi connectivity index (χ2n) is 7.51. The molecule has 4 rings (SSSR count). The molecule has 0 saturated heterocycles. The van der Waals surface area contributed by atoms with E-state index in [-0.39, 0.29) is 18.6 Å². The van der Waals surface area contributed by atoms with Gasteiger partial charge in [-0.15, -0.1) is 5.10 Å². The van der Waals surface area contributed by atoms with E-state index in [9.17, 15) is 10.1 Å². The average molecular weight is 430 g/mol. The molecule has 0 saturated carbocycles. The fraction of sp³-hybridized carbons (Fsp3) is 0.227. The van der Waals surface area contributed by atoms with Gasteiger partial charge in [-0.25, -0.2) is 4.68 Å². The summed E-state index contributed by atoms with van der Waals surface area (Å²) in [6, 6.07) is 13.0. The van der Waals surface area contributed by atoms with Crippen molar-refractivity contribution in [2.75, 3.05) is 11.9 Å². The van der Waals surface area contributed by atoms with Crippen molar-refractivity contribution >= 4 is 28.4 Å². The van der Waals surface area contributed by atoms with Crippen LogP contribution in [0.5, 0.6) is 5.75 Å². The van der Waals surface area contributed by atoms with Gasteiger partial charge in [0.1, 0.15) is 11.8 Å². The molecule has 0 spiro atoms. The zero-order valence-electron chi connectivity index (χ0n) is 17.9. The number of benzene rings is 2. The predicted octanol–water partition coefficient (Wildman–Crippen LogP) is 2.88. The van der Waals surface area contributed by atoms with E-state index in [2.05, 4.69) is 37.0 Å². The van der Waals surface area contributed by atoms with Crippen molar-refractivity contribution in [1.82, 2.24) is 30.3 Å². The van der Waals surface area contributed by atoms with Gasteiger partial charge < -0.3 is 15.4 Å². The SMILES string of the molecule is CC(C)NC(=O)COc1ccc(-c2nc(Nc3ccc4[nH]ncc4c3)n(C)n2)c(C#N)c1. The maximum Gasteiger partial charge on any atom is 0.258 e.